The molecular formula is C11H9ClN4O3S. The fraction of sp³-hybridized carbons (Fsp3) is 0.182. The maximum absolute atomic E-state index is 11.0. The number of aromatic nitrogens is 3. The van der Waals surface area contributed by atoms with Gasteiger partial charge in [0.25, 0.3) is 10.9 Å². The molecule has 1 aromatic heterocycles. The van der Waals surface area contributed by atoms with Gasteiger partial charge >= 0.3 is 0 Å². The largest absolute Gasteiger partial charge is 0.284 e. The van der Waals surface area contributed by atoms with Crippen LogP contribution >= 0.6 is 23.4 Å². The third-order valence-corrected chi connectivity index (χ3v) is 3.58. The first kappa shape index (κ1) is 14.5. The molecule has 0 radical (unpaired) electrons. The average Bonchev–Trinajstić information content (AvgIpc) is 2.86. The lowest BCUT2D eigenvalue weighted by Gasteiger charge is -2.01. The summed E-state index contributed by atoms with van der Waals surface area (Å²) in [5.41, 5.74) is -0.128. The van der Waals surface area contributed by atoms with E-state index in [1.54, 1.807) is 0 Å². The van der Waals surface area contributed by atoms with Crippen LogP contribution in [0.3, 0.4) is 0 Å². The molecule has 1 aromatic carbocycles. The van der Waals surface area contributed by atoms with Crippen LogP contribution in [0.1, 0.15) is 23.1 Å². The molecule has 0 spiro atoms. The Bertz CT molecular complexity index is 673. The summed E-state index contributed by atoms with van der Waals surface area (Å²) in [7, 11) is 0. The highest BCUT2D eigenvalue weighted by Gasteiger charge is 2.19. The molecule has 20 heavy (non-hydrogen) atoms. The number of nitro groups is 1. The second-order valence-corrected chi connectivity index (χ2v) is 5.09. The van der Waals surface area contributed by atoms with Crippen molar-refractivity contribution >= 4 is 34.3 Å². The quantitative estimate of drug-likeness (QED) is 0.517. The van der Waals surface area contributed by atoms with E-state index in [0.29, 0.717) is 22.3 Å². The molecule has 9 heteroatoms. The Morgan fingerprint density at radius 2 is 2.30 bits per heavy atom. The van der Waals surface area contributed by atoms with Gasteiger partial charge in [-0.3, -0.25) is 20.0 Å². The minimum atomic E-state index is -0.740. The first-order valence-electron chi connectivity index (χ1n) is 5.58. The highest BCUT2D eigenvalue weighted by molar-refractivity contribution is 7.99. The van der Waals surface area contributed by atoms with Crippen molar-refractivity contribution in [2.75, 3.05) is 0 Å². The number of carbonyl (C=O) groups excluding carboxylic acids is 1. The summed E-state index contributed by atoms with van der Waals surface area (Å²) < 4.78 is 0. The van der Waals surface area contributed by atoms with Crippen LogP contribution in [0.15, 0.2) is 28.3 Å². The lowest BCUT2D eigenvalue weighted by atomic mass is 10.2. The van der Waals surface area contributed by atoms with Crippen molar-refractivity contribution in [3.8, 4) is 0 Å². The van der Waals surface area contributed by atoms with Crippen molar-refractivity contribution in [2.45, 2.75) is 23.4 Å². The molecule has 0 bridgehead atoms. The smallest absolute Gasteiger partial charge is 0.276 e. The summed E-state index contributed by atoms with van der Waals surface area (Å²) in [5.74, 6) is 0.697. The zero-order valence-corrected chi connectivity index (χ0v) is 11.9. The van der Waals surface area contributed by atoms with Gasteiger partial charge in [-0.2, -0.15) is 0 Å². The Labute approximate surface area is 122 Å². The third kappa shape index (κ3) is 3.14. The van der Waals surface area contributed by atoms with Gasteiger partial charge in [-0.15, -0.1) is 5.10 Å². The monoisotopic (exact) mass is 312 g/mol. The molecule has 0 amide bonds. The van der Waals surface area contributed by atoms with Gasteiger partial charge in [-0.25, -0.2) is 4.98 Å². The van der Waals surface area contributed by atoms with E-state index in [1.807, 2.05) is 6.92 Å². The summed E-state index contributed by atoms with van der Waals surface area (Å²) in [6, 6.07) is 4.03. The van der Waals surface area contributed by atoms with Crippen LogP contribution in [0.4, 0.5) is 5.69 Å². The van der Waals surface area contributed by atoms with Crippen LogP contribution < -0.4 is 0 Å². The number of hydrogen-bond acceptors (Lipinski definition) is 6. The van der Waals surface area contributed by atoms with E-state index in [-0.39, 0.29) is 11.3 Å². The van der Waals surface area contributed by atoms with Crippen molar-refractivity contribution in [1.82, 2.24) is 15.2 Å². The molecule has 0 saturated heterocycles. The van der Waals surface area contributed by atoms with Crippen LogP contribution in [-0.4, -0.2) is 25.3 Å². The van der Waals surface area contributed by atoms with Crippen molar-refractivity contribution in [3.63, 3.8) is 0 Å². The van der Waals surface area contributed by atoms with Gasteiger partial charge < -0.3 is 0 Å². The maximum Gasteiger partial charge on any atom is 0.284 e. The Morgan fingerprint density at radius 3 is 2.85 bits per heavy atom. The number of aryl methyl sites for hydroxylation is 1. The molecule has 2 rings (SSSR count). The molecule has 0 fully saturated rings. The van der Waals surface area contributed by atoms with Crippen molar-refractivity contribution in [1.29, 1.82) is 0 Å². The number of hydrogen-bond donors (Lipinski definition) is 1. The molecule has 0 atom stereocenters. The van der Waals surface area contributed by atoms with Crippen LogP contribution in [0, 0.1) is 10.1 Å². The van der Waals surface area contributed by atoms with Crippen molar-refractivity contribution < 1.29 is 9.72 Å². The molecule has 1 heterocycles. The van der Waals surface area contributed by atoms with Crippen LogP contribution in [0.5, 0.6) is 0 Å². The Morgan fingerprint density at radius 1 is 1.55 bits per heavy atom. The van der Waals surface area contributed by atoms with E-state index in [2.05, 4.69) is 15.2 Å². The zero-order chi connectivity index (χ0) is 14.7. The first-order valence-corrected chi connectivity index (χ1v) is 6.78. The van der Waals surface area contributed by atoms with Gasteiger partial charge in [-0.1, -0.05) is 6.92 Å². The molecule has 0 aliphatic rings. The molecular weight excluding hydrogens is 304 g/mol. The number of nitro benzene ring substituents is 1. The number of benzene rings is 1. The number of rotatable bonds is 5. The highest BCUT2D eigenvalue weighted by atomic mass is 35.5. The summed E-state index contributed by atoms with van der Waals surface area (Å²) in [6.07, 6.45) is 0.690. The highest BCUT2D eigenvalue weighted by Crippen LogP contribution is 2.33. The Balaban J connectivity index is 2.35. The molecule has 0 unspecified atom stereocenters. The number of halogens is 1. The molecule has 2 aromatic rings. The minimum Gasteiger partial charge on any atom is -0.276 e. The second-order valence-electron chi connectivity index (χ2n) is 3.73. The SMILES string of the molecule is CCc1nc(Sc2ccc(C(=O)Cl)cc2[N+](=O)[O-])n[nH]1. The normalized spacial score (nSPS) is 10.5. The van der Waals surface area contributed by atoms with Crippen LogP contribution in [0.2, 0.25) is 0 Å². The molecule has 104 valence electrons. The number of H-pyrrole nitrogens is 1. The van der Waals surface area contributed by atoms with Gasteiger partial charge in [-0.05, 0) is 35.5 Å². The average molecular weight is 313 g/mol. The number of aromatic amines is 1. The first-order chi connectivity index (χ1) is 9.51. The van der Waals surface area contributed by atoms with E-state index >= 15 is 0 Å². The molecule has 0 saturated carbocycles. The maximum atomic E-state index is 11.0. The van der Waals surface area contributed by atoms with Gasteiger partial charge in [0.1, 0.15) is 5.82 Å². The lowest BCUT2D eigenvalue weighted by Crippen LogP contribution is -1.95. The van der Waals surface area contributed by atoms with E-state index in [0.717, 1.165) is 17.8 Å². The fourth-order valence-corrected chi connectivity index (χ4v) is 2.38. The van der Waals surface area contributed by atoms with Gasteiger partial charge in [0.05, 0.1) is 9.82 Å². The standard InChI is InChI=1S/C11H9ClN4O3S/c1-2-9-13-11(15-14-9)20-8-4-3-6(10(12)17)5-7(8)16(18)19/h3-5H,2H2,1H3,(H,13,14,15). The molecule has 0 aliphatic carbocycles. The fourth-order valence-electron chi connectivity index (χ4n) is 1.45. The molecule has 7 nitrogen and oxygen atoms in total. The second kappa shape index (κ2) is 6.02. The minimum absolute atomic E-state index is 0.0759. The van der Waals surface area contributed by atoms with Gasteiger partial charge in [0.2, 0.25) is 5.16 Å². The molecule has 1 N–H and O–H groups in total. The van der Waals surface area contributed by atoms with Crippen LogP contribution in [-0.2, 0) is 6.42 Å². The van der Waals surface area contributed by atoms with Crippen molar-refractivity contribution in [3.05, 3.63) is 39.7 Å². The van der Waals surface area contributed by atoms with E-state index < -0.39 is 10.2 Å². The number of nitrogens with zero attached hydrogens (tertiary/aromatic N) is 3. The Hall–Kier alpha value is -1.93. The van der Waals surface area contributed by atoms with Gasteiger partial charge in [0.15, 0.2) is 0 Å². The molecule has 0 aliphatic heterocycles. The van der Waals surface area contributed by atoms with Crippen LogP contribution in [0.25, 0.3) is 0 Å². The zero-order valence-electron chi connectivity index (χ0n) is 10.3. The Kier molecular flexibility index (Phi) is 4.35. The van der Waals surface area contributed by atoms with E-state index in [1.165, 1.54) is 12.1 Å². The van der Waals surface area contributed by atoms with Crippen molar-refractivity contribution in [2.24, 2.45) is 0 Å². The predicted molar refractivity (Wildman–Crippen MR) is 73.2 cm³/mol. The summed E-state index contributed by atoms with van der Waals surface area (Å²) >= 11 is 6.37. The number of carbonyl (C=O) groups is 1. The van der Waals surface area contributed by atoms with Gasteiger partial charge in [0, 0.05) is 18.1 Å². The topological polar surface area (TPSA) is 102 Å². The summed E-state index contributed by atoms with van der Waals surface area (Å²) in [6.45, 7) is 1.91. The summed E-state index contributed by atoms with van der Waals surface area (Å²) in [5, 5.41) is 17.4. The predicted octanol–water partition coefficient (Wildman–Crippen LogP) is 2.81. The lowest BCUT2D eigenvalue weighted by molar-refractivity contribution is -0.387. The summed E-state index contributed by atoms with van der Waals surface area (Å²) in [4.78, 5) is 26.0. The third-order valence-electron chi connectivity index (χ3n) is 2.43. The van der Waals surface area contributed by atoms with E-state index in [9.17, 15) is 14.9 Å². The number of nitrogens with one attached hydrogen (secondary N) is 1. The van der Waals surface area contributed by atoms with E-state index in [4.69, 9.17) is 11.6 Å².